The highest BCUT2D eigenvalue weighted by Gasteiger charge is 2.14. The predicted molar refractivity (Wildman–Crippen MR) is 77.3 cm³/mol. The Morgan fingerprint density at radius 3 is 2.95 bits per heavy atom. The lowest BCUT2D eigenvalue weighted by molar-refractivity contribution is 0.280. The van der Waals surface area contributed by atoms with Crippen molar-refractivity contribution < 1.29 is 5.11 Å². The maximum absolute atomic E-state index is 9.05. The first-order valence-electron chi connectivity index (χ1n) is 6.28. The van der Waals surface area contributed by atoms with Crippen LogP contribution in [0.15, 0.2) is 30.5 Å². The lowest BCUT2D eigenvalue weighted by Crippen LogP contribution is -2.02. The minimum absolute atomic E-state index is 0.176. The fourth-order valence-electron chi connectivity index (χ4n) is 2.14. The third-order valence-corrected chi connectivity index (χ3v) is 4.00. The van der Waals surface area contributed by atoms with Crippen LogP contribution in [0.4, 0.5) is 0 Å². The highest BCUT2D eigenvalue weighted by molar-refractivity contribution is 7.15. The SMILES string of the molecule is Cc1ccc(-c2nc3cccnc3n2CCCO)s1. The molecule has 0 radical (unpaired) electrons. The number of nitrogens with zero attached hydrogens (tertiary/aromatic N) is 3. The van der Waals surface area contributed by atoms with Gasteiger partial charge in [-0.3, -0.25) is 0 Å². The molecule has 0 aliphatic heterocycles. The number of fused-ring (bicyclic) bond motifs is 1. The lowest BCUT2D eigenvalue weighted by atomic mass is 10.4. The summed E-state index contributed by atoms with van der Waals surface area (Å²) in [6, 6.07) is 8.07. The number of aliphatic hydroxyl groups excluding tert-OH is 1. The van der Waals surface area contributed by atoms with Gasteiger partial charge in [0.2, 0.25) is 0 Å². The Morgan fingerprint density at radius 2 is 2.21 bits per heavy atom. The number of thiophene rings is 1. The number of hydrogen-bond acceptors (Lipinski definition) is 4. The highest BCUT2D eigenvalue weighted by atomic mass is 32.1. The van der Waals surface area contributed by atoms with E-state index in [1.54, 1.807) is 17.5 Å². The molecule has 5 heteroatoms. The van der Waals surface area contributed by atoms with Crippen LogP contribution >= 0.6 is 11.3 Å². The molecule has 3 rings (SSSR count). The molecule has 0 spiro atoms. The summed E-state index contributed by atoms with van der Waals surface area (Å²) >= 11 is 1.73. The molecule has 98 valence electrons. The minimum atomic E-state index is 0.176. The van der Waals surface area contributed by atoms with Gasteiger partial charge in [-0.1, -0.05) is 0 Å². The topological polar surface area (TPSA) is 50.9 Å². The average molecular weight is 273 g/mol. The van der Waals surface area contributed by atoms with E-state index in [1.807, 2.05) is 12.1 Å². The first-order valence-corrected chi connectivity index (χ1v) is 7.10. The molecule has 0 aliphatic carbocycles. The van der Waals surface area contributed by atoms with Gasteiger partial charge in [0.15, 0.2) is 11.5 Å². The van der Waals surface area contributed by atoms with Crippen LogP contribution in [0, 0.1) is 6.92 Å². The monoisotopic (exact) mass is 273 g/mol. The molecule has 0 fully saturated rings. The van der Waals surface area contributed by atoms with E-state index in [4.69, 9.17) is 5.11 Å². The number of rotatable bonds is 4. The van der Waals surface area contributed by atoms with E-state index in [2.05, 4.69) is 33.6 Å². The third-order valence-electron chi connectivity index (χ3n) is 3.00. The Kier molecular flexibility index (Phi) is 3.31. The van der Waals surface area contributed by atoms with Crippen molar-refractivity contribution in [3.05, 3.63) is 35.3 Å². The predicted octanol–water partition coefficient (Wildman–Crippen LogP) is 2.85. The van der Waals surface area contributed by atoms with Gasteiger partial charge in [0.1, 0.15) is 5.52 Å². The van der Waals surface area contributed by atoms with Crippen LogP contribution in [-0.2, 0) is 6.54 Å². The van der Waals surface area contributed by atoms with Crippen molar-refractivity contribution in [1.82, 2.24) is 14.5 Å². The van der Waals surface area contributed by atoms with Crippen molar-refractivity contribution in [3.8, 4) is 10.7 Å². The van der Waals surface area contributed by atoms with E-state index in [9.17, 15) is 0 Å². The van der Waals surface area contributed by atoms with Crippen molar-refractivity contribution in [2.24, 2.45) is 0 Å². The van der Waals surface area contributed by atoms with Crippen LogP contribution in [-0.4, -0.2) is 26.2 Å². The molecule has 0 saturated carbocycles. The van der Waals surface area contributed by atoms with E-state index in [-0.39, 0.29) is 6.61 Å². The van der Waals surface area contributed by atoms with Crippen LogP contribution in [0.25, 0.3) is 21.9 Å². The van der Waals surface area contributed by atoms with E-state index >= 15 is 0 Å². The highest BCUT2D eigenvalue weighted by Crippen LogP contribution is 2.29. The van der Waals surface area contributed by atoms with E-state index < -0.39 is 0 Å². The van der Waals surface area contributed by atoms with Gasteiger partial charge in [0, 0.05) is 24.2 Å². The van der Waals surface area contributed by atoms with Crippen LogP contribution < -0.4 is 0 Å². The number of aryl methyl sites for hydroxylation is 2. The van der Waals surface area contributed by atoms with Gasteiger partial charge in [-0.05, 0) is 37.6 Å². The van der Waals surface area contributed by atoms with Gasteiger partial charge in [-0.2, -0.15) is 0 Å². The first-order chi connectivity index (χ1) is 9.29. The van der Waals surface area contributed by atoms with Gasteiger partial charge < -0.3 is 9.67 Å². The molecule has 3 aromatic rings. The molecular formula is C14H15N3OS. The van der Waals surface area contributed by atoms with Crippen LogP contribution in [0.2, 0.25) is 0 Å². The second kappa shape index (κ2) is 5.11. The second-order valence-corrected chi connectivity index (χ2v) is 5.71. The Balaban J connectivity index is 2.16. The minimum Gasteiger partial charge on any atom is -0.396 e. The van der Waals surface area contributed by atoms with Gasteiger partial charge in [-0.25, -0.2) is 9.97 Å². The van der Waals surface area contributed by atoms with Crippen molar-refractivity contribution in [1.29, 1.82) is 0 Å². The van der Waals surface area contributed by atoms with Crippen LogP contribution in [0.3, 0.4) is 0 Å². The van der Waals surface area contributed by atoms with Crippen molar-refractivity contribution in [3.63, 3.8) is 0 Å². The molecule has 0 aliphatic rings. The van der Waals surface area contributed by atoms with Crippen molar-refractivity contribution in [2.45, 2.75) is 19.9 Å². The van der Waals surface area contributed by atoms with Crippen molar-refractivity contribution >= 4 is 22.5 Å². The van der Waals surface area contributed by atoms with Gasteiger partial charge in [-0.15, -0.1) is 11.3 Å². The Bertz CT molecular complexity index is 702. The zero-order valence-electron chi connectivity index (χ0n) is 10.7. The standard InChI is InChI=1S/C14H15N3OS/c1-10-5-6-12(19-10)14-16-11-4-2-7-15-13(11)17(14)8-3-9-18/h2,4-7,18H,3,8-9H2,1H3. The number of aromatic nitrogens is 3. The maximum atomic E-state index is 9.05. The summed E-state index contributed by atoms with van der Waals surface area (Å²) < 4.78 is 2.09. The molecule has 3 heterocycles. The van der Waals surface area contributed by atoms with E-state index in [1.165, 1.54) is 4.88 Å². The summed E-state index contributed by atoms with van der Waals surface area (Å²) in [5, 5.41) is 9.05. The Morgan fingerprint density at radius 1 is 1.32 bits per heavy atom. The zero-order chi connectivity index (χ0) is 13.2. The smallest absolute Gasteiger partial charge is 0.160 e. The average Bonchev–Trinajstić information content (AvgIpc) is 3.00. The molecule has 3 aromatic heterocycles. The number of imidazole rings is 1. The Labute approximate surface area is 115 Å². The molecule has 0 saturated heterocycles. The van der Waals surface area contributed by atoms with Crippen LogP contribution in [0.5, 0.6) is 0 Å². The Hall–Kier alpha value is -1.72. The summed E-state index contributed by atoms with van der Waals surface area (Å²) in [6.45, 7) is 3.00. The first kappa shape index (κ1) is 12.3. The summed E-state index contributed by atoms with van der Waals surface area (Å²) in [5.41, 5.74) is 1.79. The molecule has 0 amide bonds. The van der Waals surface area contributed by atoms with E-state index in [0.717, 1.165) is 28.4 Å². The summed E-state index contributed by atoms with van der Waals surface area (Å²) in [6.07, 6.45) is 2.49. The van der Waals surface area contributed by atoms with Crippen LogP contribution in [0.1, 0.15) is 11.3 Å². The summed E-state index contributed by atoms with van der Waals surface area (Å²) in [4.78, 5) is 11.5. The molecule has 0 bridgehead atoms. The zero-order valence-corrected chi connectivity index (χ0v) is 11.5. The second-order valence-electron chi connectivity index (χ2n) is 4.42. The summed E-state index contributed by atoms with van der Waals surface area (Å²) in [5.74, 6) is 0.945. The third kappa shape index (κ3) is 2.27. The summed E-state index contributed by atoms with van der Waals surface area (Å²) in [7, 11) is 0. The maximum Gasteiger partial charge on any atom is 0.160 e. The molecule has 0 atom stereocenters. The quantitative estimate of drug-likeness (QED) is 0.795. The van der Waals surface area contributed by atoms with Gasteiger partial charge in [0.25, 0.3) is 0 Å². The molecule has 1 N–H and O–H groups in total. The number of pyridine rings is 1. The van der Waals surface area contributed by atoms with Gasteiger partial charge >= 0.3 is 0 Å². The number of hydrogen-bond donors (Lipinski definition) is 1. The van der Waals surface area contributed by atoms with Gasteiger partial charge in [0.05, 0.1) is 4.88 Å². The fraction of sp³-hybridized carbons (Fsp3) is 0.286. The lowest BCUT2D eigenvalue weighted by Gasteiger charge is -2.05. The molecule has 0 aromatic carbocycles. The molecule has 4 nitrogen and oxygen atoms in total. The fourth-order valence-corrected chi connectivity index (χ4v) is 3.01. The molecule has 19 heavy (non-hydrogen) atoms. The largest absolute Gasteiger partial charge is 0.396 e. The molecule has 0 unspecified atom stereocenters. The van der Waals surface area contributed by atoms with E-state index in [0.29, 0.717) is 6.42 Å². The van der Waals surface area contributed by atoms with Crippen molar-refractivity contribution in [2.75, 3.05) is 6.61 Å². The molecular weight excluding hydrogens is 258 g/mol. The normalized spacial score (nSPS) is 11.3. The number of aliphatic hydroxyl groups is 1.